The Morgan fingerprint density at radius 1 is 1.24 bits per heavy atom. The number of anilines is 2. The largest absolute Gasteiger partial charge is 0.396 e. The highest BCUT2D eigenvalue weighted by molar-refractivity contribution is 7.90. The molecule has 42 heavy (non-hydrogen) atoms. The standard InChI is InChI=1S/C27H30FN9O4S/c1-6-21(38)35-7-8-36(15(4)13-35)25-16-9-18(28)22(23-19(29)11-31-34-23)32-26(16)37(27(39)33-25)24-17(14(2)3)10-30-12-20(24)42(5,40)41/h6,9-12,14-15H,1,7-8,13,29H2,2-5H3,(H,31,34)/t15-/m0/s1. The first-order valence-electron chi connectivity index (χ1n) is 13.1. The third kappa shape index (κ3) is 4.89. The van der Waals surface area contributed by atoms with Gasteiger partial charge in [-0.1, -0.05) is 20.4 Å². The maximum atomic E-state index is 15.8. The van der Waals surface area contributed by atoms with Crippen LogP contribution in [0, 0.1) is 5.82 Å². The van der Waals surface area contributed by atoms with Crippen LogP contribution in [0.5, 0.6) is 0 Å². The number of halogens is 1. The minimum atomic E-state index is -3.89. The number of aromatic amines is 1. The number of carbonyl (C=O) groups excluding carboxylic acids is 1. The SMILES string of the molecule is C=CC(=O)N1CCN(c2nc(=O)n(-c3c(C(C)C)cncc3S(C)(=O)=O)c3nc(-c4[nH]ncc4N)c(F)cc23)[C@@H](C)C1. The first-order chi connectivity index (χ1) is 19.8. The smallest absolute Gasteiger partial charge is 0.355 e. The Morgan fingerprint density at radius 2 is 1.98 bits per heavy atom. The maximum Gasteiger partial charge on any atom is 0.355 e. The number of carbonyl (C=O) groups is 1. The van der Waals surface area contributed by atoms with Crippen LogP contribution in [0.25, 0.3) is 28.1 Å². The number of nitrogens with zero attached hydrogens (tertiary/aromatic N) is 7. The average Bonchev–Trinajstić information content (AvgIpc) is 3.36. The lowest BCUT2D eigenvalue weighted by Gasteiger charge is -2.40. The molecule has 4 aromatic rings. The van der Waals surface area contributed by atoms with Crippen LogP contribution in [0.3, 0.4) is 0 Å². The quantitative estimate of drug-likeness (QED) is 0.314. The van der Waals surface area contributed by atoms with E-state index < -0.39 is 21.3 Å². The van der Waals surface area contributed by atoms with E-state index in [0.717, 1.165) is 17.0 Å². The molecule has 0 bridgehead atoms. The lowest BCUT2D eigenvalue weighted by Crippen LogP contribution is -2.54. The lowest BCUT2D eigenvalue weighted by molar-refractivity contribution is -0.126. The molecule has 1 amide bonds. The molecule has 0 saturated carbocycles. The van der Waals surface area contributed by atoms with Crippen molar-refractivity contribution in [1.82, 2.24) is 34.6 Å². The molecular weight excluding hydrogens is 565 g/mol. The Morgan fingerprint density at radius 3 is 2.57 bits per heavy atom. The number of nitrogens with one attached hydrogen (secondary N) is 1. The van der Waals surface area contributed by atoms with Crippen molar-refractivity contribution in [2.24, 2.45) is 0 Å². The summed E-state index contributed by atoms with van der Waals surface area (Å²) < 4.78 is 42.7. The molecule has 5 heterocycles. The number of fused-ring (bicyclic) bond motifs is 1. The van der Waals surface area contributed by atoms with Gasteiger partial charge in [-0.2, -0.15) is 10.1 Å². The van der Waals surface area contributed by atoms with Gasteiger partial charge in [0.1, 0.15) is 22.1 Å². The van der Waals surface area contributed by atoms with E-state index in [0.29, 0.717) is 25.2 Å². The van der Waals surface area contributed by atoms with Crippen LogP contribution in [0.15, 0.2) is 47.0 Å². The van der Waals surface area contributed by atoms with Crippen molar-refractivity contribution in [2.75, 3.05) is 36.5 Å². The molecule has 0 radical (unpaired) electrons. The Balaban J connectivity index is 1.87. The van der Waals surface area contributed by atoms with Gasteiger partial charge >= 0.3 is 5.69 Å². The first-order valence-corrected chi connectivity index (χ1v) is 15.0. The number of nitrogens with two attached hydrogens (primary N) is 1. The molecule has 1 aliphatic rings. The molecule has 1 aliphatic heterocycles. The molecule has 1 atom stereocenters. The normalized spacial score (nSPS) is 15.9. The van der Waals surface area contributed by atoms with E-state index in [-0.39, 0.29) is 62.4 Å². The number of hydrogen-bond acceptors (Lipinski definition) is 10. The zero-order chi connectivity index (χ0) is 30.5. The Kier molecular flexibility index (Phi) is 7.30. The van der Waals surface area contributed by atoms with Crippen LogP contribution < -0.4 is 16.3 Å². The highest BCUT2D eigenvalue weighted by atomic mass is 32.2. The van der Waals surface area contributed by atoms with Gasteiger partial charge in [0.15, 0.2) is 21.3 Å². The van der Waals surface area contributed by atoms with Crippen LogP contribution >= 0.6 is 0 Å². The van der Waals surface area contributed by atoms with Crippen LogP contribution in [0.4, 0.5) is 15.9 Å². The zero-order valence-corrected chi connectivity index (χ0v) is 24.3. The third-order valence-electron chi connectivity index (χ3n) is 7.25. The first kappa shape index (κ1) is 28.9. The molecule has 4 aromatic heterocycles. The molecule has 0 spiro atoms. The predicted octanol–water partition coefficient (Wildman–Crippen LogP) is 2.04. The monoisotopic (exact) mass is 595 g/mol. The minimum Gasteiger partial charge on any atom is -0.396 e. The van der Waals surface area contributed by atoms with Gasteiger partial charge in [-0.15, -0.1) is 0 Å². The number of H-pyrrole nitrogens is 1. The molecule has 13 nitrogen and oxygen atoms in total. The number of rotatable bonds is 6. The third-order valence-corrected chi connectivity index (χ3v) is 8.35. The molecular formula is C27H30FN9O4S. The van der Waals surface area contributed by atoms with Crippen LogP contribution in [0.2, 0.25) is 0 Å². The average molecular weight is 596 g/mol. The summed E-state index contributed by atoms with van der Waals surface area (Å²) in [4.78, 5) is 42.5. The van der Waals surface area contributed by atoms with Gasteiger partial charge in [0.2, 0.25) is 5.91 Å². The van der Waals surface area contributed by atoms with Gasteiger partial charge < -0.3 is 15.5 Å². The molecule has 1 saturated heterocycles. The van der Waals surface area contributed by atoms with E-state index in [1.807, 2.05) is 20.8 Å². The highest BCUT2D eigenvalue weighted by Crippen LogP contribution is 2.35. The summed E-state index contributed by atoms with van der Waals surface area (Å²) >= 11 is 0. The second kappa shape index (κ2) is 10.6. The number of sulfone groups is 1. The highest BCUT2D eigenvalue weighted by Gasteiger charge is 2.31. The summed E-state index contributed by atoms with van der Waals surface area (Å²) in [5, 5.41) is 6.65. The van der Waals surface area contributed by atoms with Crippen molar-refractivity contribution in [3.8, 4) is 17.1 Å². The van der Waals surface area contributed by atoms with Crippen molar-refractivity contribution in [3.05, 3.63) is 59.2 Å². The fourth-order valence-corrected chi connectivity index (χ4v) is 5.98. The van der Waals surface area contributed by atoms with Crippen LogP contribution in [0.1, 0.15) is 32.3 Å². The summed E-state index contributed by atoms with van der Waals surface area (Å²) in [5.41, 5.74) is 5.65. The topological polar surface area (TPSA) is 173 Å². The fraction of sp³-hybridized carbons (Fsp3) is 0.333. The number of aromatic nitrogens is 6. The number of amides is 1. The molecule has 0 aliphatic carbocycles. The maximum absolute atomic E-state index is 15.8. The van der Waals surface area contributed by atoms with Crippen molar-refractivity contribution >= 4 is 38.3 Å². The Bertz CT molecular complexity index is 1900. The summed E-state index contributed by atoms with van der Waals surface area (Å²) in [5.74, 6) is -1.09. The van der Waals surface area contributed by atoms with Gasteiger partial charge in [0.25, 0.3) is 0 Å². The number of piperazine rings is 1. The van der Waals surface area contributed by atoms with Crippen molar-refractivity contribution in [3.63, 3.8) is 0 Å². The van der Waals surface area contributed by atoms with E-state index in [9.17, 15) is 18.0 Å². The van der Waals surface area contributed by atoms with E-state index >= 15 is 4.39 Å². The van der Waals surface area contributed by atoms with E-state index in [1.54, 1.807) is 9.80 Å². The lowest BCUT2D eigenvalue weighted by atomic mass is 10.0. The summed E-state index contributed by atoms with van der Waals surface area (Å²) in [7, 11) is -3.89. The zero-order valence-electron chi connectivity index (χ0n) is 23.5. The van der Waals surface area contributed by atoms with Gasteiger partial charge in [0.05, 0.1) is 23.0 Å². The number of nitrogen functional groups attached to an aromatic ring is 1. The van der Waals surface area contributed by atoms with Gasteiger partial charge in [-0.05, 0) is 30.5 Å². The molecule has 3 N–H and O–H groups in total. The summed E-state index contributed by atoms with van der Waals surface area (Å²) in [6.07, 6.45) is 6.20. The van der Waals surface area contributed by atoms with Crippen LogP contribution in [-0.4, -0.2) is 80.9 Å². The second-order valence-corrected chi connectivity index (χ2v) is 12.5. The van der Waals surface area contributed by atoms with E-state index in [2.05, 4.69) is 31.7 Å². The molecule has 0 aromatic carbocycles. The summed E-state index contributed by atoms with van der Waals surface area (Å²) in [6.45, 7) is 9.99. The van der Waals surface area contributed by atoms with Gasteiger partial charge in [0, 0.05) is 44.3 Å². The van der Waals surface area contributed by atoms with Gasteiger partial charge in [-0.25, -0.2) is 27.2 Å². The van der Waals surface area contributed by atoms with Crippen molar-refractivity contribution in [2.45, 2.75) is 37.6 Å². The van der Waals surface area contributed by atoms with Crippen LogP contribution in [-0.2, 0) is 14.6 Å². The van der Waals surface area contributed by atoms with E-state index in [4.69, 9.17) is 5.73 Å². The molecule has 0 unspecified atom stereocenters. The van der Waals surface area contributed by atoms with E-state index in [1.165, 1.54) is 24.5 Å². The van der Waals surface area contributed by atoms with Gasteiger partial charge in [-0.3, -0.25) is 14.9 Å². The second-order valence-electron chi connectivity index (χ2n) is 10.5. The van der Waals surface area contributed by atoms with Crippen molar-refractivity contribution < 1.29 is 17.6 Å². The molecule has 5 rings (SSSR count). The molecule has 15 heteroatoms. The Hall–Kier alpha value is -4.66. The fourth-order valence-electron chi connectivity index (χ4n) is 5.17. The molecule has 1 fully saturated rings. The summed E-state index contributed by atoms with van der Waals surface area (Å²) in [6, 6.07) is 0.888. The Labute approximate surface area is 240 Å². The minimum absolute atomic E-state index is 0.0358. The number of pyridine rings is 2. The predicted molar refractivity (Wildman–Crippen MR) is 156 cm³/mol. The number of hydrogen-bond donors (Lipinski definition) is 2. The van der Waals surface area contributed by atoms with Crippen molar-refractivity contribution in [1.29, 1.82) is 0 Å². The molecule has 220 valence electrons.